The van der Waals surface area contributed by atoms with Crippen LogP contribution < -0.4 is 0 Å². The molecular formula is C37H42Cl4N2O7. The summed E-state index contributed by atoms with van der Waals surface area (Å²) in [7, 11) is 0. The number of amides is 2. The summed E-state index contributed by atoms with van der Waals surface area (Å²) in [4.78, 5) is 39.9. The first-order valence-corrected chi connectivity index (χ1v) is 17.6. The molecule has 9 nitrogen and oxygen atoms in total. The first-order valence-electron chi connectivity index (χ1n) is 16.1. The monoisotopic (exact) mass is 766 g/mol. The van der Waals surface area contributed by atoms with Crippen LogP contribution in [0.2, 0.25) is 20.1 Å². The van der Waals surface area contributed by atoms with Crippen LogP contribution >= 0.6 is 46.4 Å². The van der Waals surface area contributed by atoms with Gasteiger partial charge in [-0.2, -0.15) is 0 Å². The summed E-state index contributed by atoms with van der Waals surface area (Å²) in [6, 6.07) is 19.0. The zero-order valence-electron chi connectivity index (χ0n) is 28.8. The number of ether oxygens (including phenoxy) is 3. The maximum Gasteiger partial charge on any atom is 0.410 e. The quantitative estimate of drug-likeness (QED) is 0.197. The summed E-state index contributed by atoms with van der Waals surface area (Å²) in [5, 5.41) is 12.0. The van der Waals surface area contributed by atoms with Gasteiger partial charge in [0.05, 0.1) is 31.8 Å². The van der Waals surface area contributed by atoms with E-state index in [0.717, 1.165) is 5.56 Å². The molecule has 2 fully saturated rings. The molecule has 2 unspecified atom stereocenters. The number of halogens is 4. The first kappa shape index (κ1) is 39.6. The Balaban J connectivity index is 0.000000237. The fraction of sp³-hybridized carbons (Fsp3) is 0.432. The first-order chi connectivity index (χ1) is 23.3. The van der Waals surface area contributed by atoms with Crippen molar-refractivity contribution >= 4 is 64.6 Å². The number of carbonyl (C=O) groups excluding carboxylic acids is 3. The van der Waals surface area contributed by atoms with E-state index < -0.39 is 29.4 Å². The molecule has 5 rings (SSSR count). The number of carbonyl (C=O) groups is 3. The Morgan fingerprint density at radius 3 is 1.56 bits per heavy atom. The standard InChI is InChI=1S/C22H23Cl2NO4.C15H19Cl2NO3/c1-22(2,3)29-21(27)25-12-16(13-25)19(15-9-10-17(23)18(24)11-15)28-20(26)14-7-5-4-6-8-14;1-15(2,3)21-14(20)18-7-10(8-18)13(19)9-4-5-11(16)12(17)6-9/h4-11,16,19H,12-13H2,1-3H3;4-6,10,13,19H,7-8H2,1-3H3. The molecule has 0 aromatic heterocycles. The molecule has 2 aliphatic rings. The molecule has 2 aliphatic heterocycles. The number of likely N-dealkylation sites (tertiary alicyclic amines) is 2. The minimum absolute atomic E-state index is 0.0187. The van der Waals surface area contributed by atoms with Gasteiger partial charge in [-0.05, 0) is 89.1 Å². The fourth-order valence-corrected chi connectivity index (χ4v) is 5.83. The molecule has 2 heterocycles. The number of rotatable bonds is 6. The van der Waals surface area contributed by atoms with E-state index in [2.05, 4.69) is 0 Å². The van der Waals surface area contributed by atoms with E-state index in [4.69, 9.17) is 60.6 Å². The average Bonchev–Trinajstić information content (AvgIpc) is 2.97. The lowest BCUT2D eigenvalue weighted by molar-refractivity contribution is -0.0431. The lowest BCUT2D eigenvalue weighted by Crippen LogP contribution is -2.54. The molecular weight excluding hydrogens is 726 g/mol. The lowest BCUT2D eigenvalue weighted by atomic mass is 9.89. The molecule has 0 radical (unpaired) electrons. The molecule has 2 atom stereocenters. The molecule has 0 aliphatic carbocycles. The fourth-order valence-electron chi connectivity index (χ4n) is 5.22. The van der Waals surface area contributed by atoms with Crippen LogP contribution in [0.15, 0.2) is 66.7 Å². The minimum atomic E-state index is -0.668. The lowest BCUT2D eigenvalue weighted by Gasteiger charge is -2.43. The number of aliphatic hydroxyl groups is 1. The summed E-state index contributed by atoms with van der Waals surface area (Å²) in [6.45, 7) is 12.7. The molecule has 2 saturated heterocycles. The van der Waals surface area contributed by atoms with Gasteiger partial charge in [0, 0.05) is 38.0 Å². The zero-order chi connectivity index (χ0) is 37.0. The minimum Gasteiger partial charge on any atom is -0.453 e. The van der Waals surface area contributed by atoms with Crippen molar-refractivity contribution in [2.75, 3.05) is 26.2 Å². The van der Waals surface area contributed by atoms with Gasteiger partial charge in [0.2, 0.25) is 0 Å². The van der Waals surface area contributed by atoms with Gasteiger partial charge in [0.15, 0.2) is 0 Å². The second-order valence-electron chi connectivity index (χ2n) is 14.3. The van der Waals surface area contributed by atoms with Gasteiger partial charge in [-0.1, -0.05) is 76.7 Å². The number of aliphatic hydroxyl groups excluding tert-OH is 1. The van der Waals surface area contributed by atoms with Gasteiger partial charge >= 0.3 is 18.2 Å². The zero-order valence-corrected chi connectivity index (χ0v) is 31.8. The normalized spacial score (nSPS) is 16.2. The second kappa shape index (κ2) is 16.4. The highest BCUT2D eigenvalue weighted by Gasteiger charge is 2.41. The van der Waals surface area contributed by atoms with Gasteiger partial charge in [-0.25, -0.2) is 14.4 Å². The SMILES string of the molecule is CC(C)(C)OC(=O)N1CC(C(O)c2ccc(Cl)c(Cl)c2)C1.CC(C)(C)OC(=O)N1CC(C(OC(=O)c2ccccc2)c2ccc(Cl)c(Cl)c2)C1. The third-order valence-corrected chi connectivity index (χ3v) is 9.28. The van der Waals surface area contributed by atoms with E-state index >= 15 is 0 Å². The van der Waals surface area contributed by atoms with Crippen molar-refractivity contribution in [2.45, 2.75) is 65.0 Å². The van der Waals surface area contributed by atoms with E-state index in [1.807, 2.05) is 47.6 Å². The maximum absolute atomic E-state index is 12.6. The molecule has 50 heavy (non-hydrogen) atoms. The predicted molar refractivity (Wildman–Crippen MR) is 195 cm³/mol. The van der Waals surface area contributed by atoms with Crippen LogP contribution in [0.5, 0.6) is 0 Å². The molecule has 2 amide bonds. The van der Waals surface area contributed by atoms with Crippen molar-refractivity contribution in [1.29, 1.82) is 0 Å². The molecule has 0 bridgehead atoms. The Labute approximate surface area is 313 Å². The highest BCUT2D eigenvalue weighted by atomic mass is 35.5. The van der Waals surface area contributed by atoms with Gasteiger partial charge in [0.1, 0.15) is 17.3 Å². The molecule has 1 N–H and O–H groups in total. The van der Waals surface area contributed by atoms with E-state index in [0.29, 0.717) is 57.4 Å². The maximum atomic E-state index is 12.6. The summed E-state index contributed by atoms with van der Waals surface area (Å²) < 4.78 is 16.5. The summed E-state index contributed by atoms with van der Waals surface area (Å²) >= 11 is 24.0. The third kappa shape index (κ3) is 10.9. The molecule has 270 valence electrons. The van der Waals surface area contributed by atoms with E-state index in [9.17, 15) is 19.5 Å². The molecule has 3 aromatic carbocycles. The van der Waals surface area contributed by atoms with Crippen molar-refractivity contribution in [1.82, 2.24) is 9.80 Å². The smallest absolute Gasteiger partial charge is 0.410 e. The van der Waals surface area contributed by atoms with Gasteiger partial charge in [-0.3, -0.25) is 0 Å². The summed E-state index contributed by atoms with van der Waals surface area (Å²) in [5.41, 5.74) is 0.826. The van der Waals surface area contributed by atoms with Crippen molar-refractivity contribution in [2.24, 2.45) is 11.8 Å². The van der Waals surface area contributed by atoms with Crippen LogP contribution in [0.3, 0.4) is 0 Å². The molecule has 0 spiro atoms. The van der Waals surface area contributed by atoms with Gasteiger partial charge < -0.3 is 29.1 Å². The second-order valence-corrected chi connectivity index (χ2v) is 15.9. The third-order valence-electron chi connectivity index (χ3n) is 7.80. The van der Waals surface area contributed by atoms with Crippen molar-refractivity contribution in [3.05, 3.63) is 104 Å². The van der Waals surface area contributed by atoms with E-state index in [1.165, 1.54) is 0 Å². The topological polar surface area (TPSA) is 106 Å². The van der Waals surface area contributed by atoms with Crippen molar-refractivity contribution in [3.63, 3.8) is 0 Å². The van der Waals surface area contributed by atoms with Gasteiger partial charge in [-0.15, -0.1) is 0 Å². The predicted octanol–water partition coefficient (Wildman–Crippen LogP) is 9.65. The molecule has 3 aromatic rings. The number of hydrogen-bond acceptors (Lipinski definition) is 7. The van der Waals surface area contributed by atoms with Crippen LogP contribution in [0.25, 0.3) is 0 Å². The Morgan fingerprint density at radius 2 is 1.10 bits per heavy atom. The number of esters is 1. The van der Waals surface area contributed by atoms with Gasteiger partial charge in [0.25, 0.3) is 0 Å². The molecule has 13 heteroatoms. The largest absolute Gasteiger partial charge is 0.453 e. The highest BCUT2D eigenvalue weighted by molar-refractivity contribution is 6.42. The number of hydrogen-bond donors (Lipinski definition) is 1. The Morgan fingerprint density at radius 1 is 0.660 bits per heavy atom. The Bertz CT molecular complexity index is 1660. The highest BCUT2D eigenvalue weighted by Crippen LogP contribution is 2.37. The van der Waals surface area contributed by atoms with Crippen LogP contribution in [0.4, 0.5) is 9.59 Å². The van der Waals surface area contributed by atoms with Crippen LogP contribution in [0, 0.1) is 11.8 Å². The number of benzene rings is 3. The number of nitrogens with zero attached hydrogens (tertiary/aromatic N) is 2. The van der Waals surface area contributed by atoms with Crippen LogP contribution in [-0.4, -0.2) is 70.4 Å². The molecule has 0 saturated carbocycles. The summed E-state index contributed by atoms with van der Waals surface area (Å²) in [5.74, 6) is -0.528. The van der Waals surface area contributed by atoms with Crippen molar-refractivity contribution in [3.8, 4) is 0 Å². The Hall–Kier alpha value is -3.21. The van der Waals surface area contributed by atoms with Crippen LogP contribution in [-0.2, 0) is 14.2 Å². The van der Waals surface area contributed by atoms with Crippen LogP contribution in [0.1, 0.15) is 75.2 Å². The van der Waals surface area contributed by atoms with Crippen molar-refractivity contribution < 1.29 is 33.7 Å². The van der Waals surface area contributed by atoms with E-state index in [-0.39, 0.29) is 24.0 Å². The average molecular weight is 769 g/mol. The van der Waals surface area contributed by atoms with E-state index in [1.54, 1.807) is 70.5 Å². The Kier molecular flexibility index (Phi) is 13.0. The summed E-state index contributed by atoms with van der Waals surface area (Å²) in [6.07, 6.45) is -1.95.